The Hall–Kier alpha value is -1.93. The fourth-order valence-corrected chi connectivity index (χ4v) is 3.91. The highest BCUT2D eigenvalue weighted by atomic mass is 32.2. The fourth-order valence-electron chi connectivity index (χ4n) is 1.86. The van der Waals surface area contributed by atoms with Crippen molar-refractivity contribution in [1.29, 1.82) is 0 Å². The molecule has 110 valence electrons. The largest absolute Gasteiger partial charge is 0.275 e. The molecule has 3 rings (SSSR count). The number of nitrogens with zero attached hydrogens (tertiary/aromatic N) is 3. The standard InChI is InChI=1S/C13H14N4O2S2/c1-9(2)12-14-13-10(5-3-7-17(13)15-12)16-21(18,19)11-6-4-8-20-11/h3-9,16H,1-2H3. The smallest absolute Gasteiger partial charge is 0.271 e. The van der Waals surface area contributed by atoms with Crippen molar-refractivity contribution in [3.8, 4) is 0 Å². The second kappa shape index (κ2) is 5.12. The summed E-state index contributed by atoms with van der Waals surface area (Å²) in [6.45, 7) is 3.98. The summed E-state index contributed by atoms with van der Waals surface area (Å²) in [5.74, 6) is 0.851. The Balaban J connectivity index is 2.05. The van der Waals surface area contributed by atoms with E-state index in [0.29, 0.717) is 17.2 Å². The summed E-state index contributed by atoms with van der Waals surface area (Å²) < 4.78 is 29.0. The average molecular weight is 322 g/mol. The van der Waals surface area contributed by atoms with Gasteiger partial charge in [0, 0.05) is 12.1 Å². The first kappa shape index (κ1) is 14.0. The number of nitrogens with one attached hydrogen (secondary N) is 1. The average Bonchev–Trinajstić information content (AvgIpc) is 3.08. The van der Waals surface area contributed by atoms with E-state index >= 15 is 0 Å². The summed E-state index contributed by atoms with van der Waals surface area (Å²) in [6, 6.07) is 6.68. The van der Waals surface area contributed by atoms with Crippen LogP contribution in [-0.2, 0) is 10.0 Å². The number of sulfonamides is 1. The van der Waals surface area contributed by atoms with Crippen LogP contribution in [0.4, 0.5) is 5.69 Å². The zero-order chi connectivity index (χ0) is 15.0. The van der Waals surface area contributed by atoms with Crippen molar-refractivity contribution in [1.82, 2.24) is 14.6 Å². The molecule has 0 bridgehead atoms. The molecule has 0 radical (unpaired) electrons. The van der Waals surface area contributed by atoms with E-state index in [4.69, 9.17) is 0 Å². The summed E-state index contributed by atoms with van der Waals surface area (Å²) in [5.41, 5.74) is 0.923. The van der Waals surface area contributed by atoms with E-state index in [-0.39, 0.29) is 10.1 Å². The Labute approximate surface area is 126 Å². The highest BCUT2D eigenvalue weighted by Gasteiger charge is 2.18. The number of fused-ring (bicyclic) bond motifs is 1. The van der Waals surface area contributed by atoms with Crippen molar-refractivity contribution in [2.24, 2.45) is 0 Å². The van der Waals surface area contributed by atoms with E-state index in [1.807, 2.05) is 13.8 Å². The Morgan fingerprint density at radius 3 is 2.76 bits per heavy atom. The predicted molar refractivity (Wildman–Crippen MR) is 82.2 cm³/mol. The molecule has 0 aromatic carbocycles. The second-order valence-electron chi connectivity index (χ2n) is 4.85. The van der Waals surface area contributed by atoms with Gasteiger partial charge >= 0.3 is 0 Å². The van der Waals surface area contributed by atoms with Crippen molar-refractivity contribution in [3.05, 3.63) is 41.7 Å². The van der Waals surface area contributed by atoms with Gasteiger partial charge < -0.3 is 0 Å². The van der Waals surface area contributed by atoms with Crippen LogP contribution in [0, 0.1) is 0 Å². The number of thiophene rings is 1. The molecule has 0 unspecified atom stereocenters. The molecule has 3 aromatic rings. The lowest BCUT2D eigenvalue weighted by Gasteiger charge is -2.06. The van der Waals surface area contributed by atoms with Gasteiger partial charge in [0.2, 0.25) is 0 Å². The number of anilines is 1. The molecule has 0 atom stereocenters. The highest BCUT2D eigenvalue weighted by Crippen LogP contribution is 2.23. The molecule has 0 saturated carbocycles. The van der Waals surface area contributed by atoms with Crippen LogP contribution in [0.15, 0.2) is 40.1 Å². The summed E-state index contributed by atoms with van der Waals surface area (Å²) in [4.78, 5) is 4.41. The third-order valence-electron chi connectivity index (χ3n) is 2.90. The maximum Gasteiger partial charge on any atom is 0.271 e. The monoisotopic (exact) mass is 322 g/mol. The minimum atomic E-state index is -3.59. The lowest BCUT2D eigenvalue weighted by atomic mass is 10.2. The first-order valence-electron chi connectivity index (χ1n) is 6.39. The van der Waals surface area contributed by atoms with Crippen molar-refractivity contribution in [2.75, 3.05) is 4.72 Å². The van der Waals surface area contributed by atoms with Gasteiger partial charge in [0.05, 0.1) is 5.69 Å². The molecule has 1 N–H and O–H groups in total. The van der Waals surface area contributed by atoms with E-state index in [9.17, 15) is 8.42 Å². The Kier molecular flexibility index (Phi) is 3.42. The minimum Gasteiger partial charge on any atom is -0.275 e. The summed E-state index contributed by atoms with van der Waals surface area (Å²) >= 11 is 1.17. The normalized spacial score (nSPS) is 12.1. The quantitative estimate of drug-likeness (QED) is 0.801. The van der Waals surface area contributed by atoms with Gasteiger partial charge in [0.15, 0.2) is 11.5 Å². The summed E-state index contributed by atoms with van der Waals surface area (Å²) in [7, 11) is -3.59. The van der Waals surface area contributed by atoms with Crippen LogP contribution in [0.3, 0.4) is 0 Å². The first-order chi connectivity index (χ1) is 9.97. The van der Waals surface area contributed by atoms with Gasteiger partial charge in [0.1, 0.15) is 4.21 Å². The molecular formula is C13H14N4O2S2. The van der Waals surface area contributed by atoms with Gasteiger partial charge in [-0.25, -0.2) is 17.9 Å². The van der Waals surface area contributed by atoms with E-state index in [2.05, 4.69) is 14.8 Å². The van der Waals surface area contributed by atoms with Crippen molar-refractivity contribution < 1.29 is 8.42 Å². The van der Waals surface area contributed by atoms with Crippen molar-refractivity contribution in [2.45, 2.75) is 24.0 Å². The summed E-state index contributed by atoms with van der Waals surface area (Å²) in [6.07, 6.45) is 1.75. The number of rotatable bonds is 4. The van der Waals surface area contributed by atoms with E-state index < -0.39 is 10.0 Å². The SMILES string of the molecule is CC(C)c1nc2c(NS(=O)(=O)c3cccs3)cccn2n1. The third kappa shape index (κ3) is 2.64. The highest BCUT2D eigenvalue weighted by molar-refractivity contribution is 7.94. The zero-order valence-corrected chi connectivity index (χ0v) is 13.1. The van der Waals surface area contributed by atoms with Gasteiger partial charge in [-0.2, -0.15) is 5.10 Å². The molecule has 0 fully saturated rings. The predicted octanol–water partition coefficient (Wildman–Crippen LogP) is 2.72. The van der Waals surface area contributed by atoms with Crippen LogP contribution < -0.4 is 4.72 Å². The molecule has 8 heteroatoms. The molecule has 0 aliphatic carbocycles. The van der Waals surface area contributed by atoms with Crippen LogP contribution in [0.5, 0.6) is 0 Å². The zero-order valence-electron chi connectivity index (χ0n) is 11.5. The number of hydrogen-bond donors (Lipinski definition) is 1. The lowest BCUT2D eigenvalue weighted by Crippen LogP contribution is -2.12. The molecule has 21 heavy (non-hydrogen) atoms. The number of aromatic nitrogens is 3. The van der Waals surface area contributed by atoms with E-state index in [1.165, 1.54) is 11.3 Å². The van der Waals surface area contributed by atoms with Gasteiger partial charge in [0.25, 0.3) is 10.0 Å². The first-order valence-corrected chi connectivity index (χ1v) is 8.75. The van der Waals surface area contributed by atoms with Crippen LogP contribution in [0.25, 0.3) is 5.65 Å². The van der Waals surface area contributed by atoms with Gasteiger partial charge in [-0.1, -0.05) is 19.9 Å². The minimum absolute atomic E-state index is 0.173. The lowest BCUT2D eigenvalue weighted by molar-refractivity contribution is 0.603. The topological polar surface area (TPSA) is 76.4 Å². The van der Waals surface area contributed by atoms with Crippen LogP contribution in [-0.4, -0.2) is 23.0 Å². The van der Waals surface area contributed by atoms with Crippen LogP contribution in [0.2, 0.25) is 0 Å². The van der Waals surface area contributed by atoms with Crippen LogP contribution in [0.1, 0.15) is 25.6 Å². The Morgan fingerprint density at radius 2 is 2.10 bits per heavy atom. The summed E-state index contributed by atoms with van der Waals surface area (Å²) in [5, 5.41) is 6.06. The van der Waals surface area contributed by atoms with E-state index in [0.717, 1.165) is 0 Å². The van der Waals surface area contributed by atoms with Gasteiger partial charge in [-0.05, 0) is 23.6 Å². The van der Waals surface area contributed by atoms with Crippen molar-refractivity contribution >= 4 is 32.7 Å². The third-order valence-corrected chi connectivity index (χ3v) is 5.66. The molecule has 0 saturated heterocycles. The molecule has 3 heterocycles. The number of pyridine rings is 1. The molecular weight excluding hydrogens is 308 g/mol. The molecule has 0 aliphatic rings. The van der Waals surface area contributed by atoms with Gasteiger partial charge in [-0.3, -0.25) is 4.72 Å². The fraction of sp³-hybridized carbons (Fsp3) is 0.231. The number of hydrogen-bond acceptors (Lipinski definition) is 5. The molecule has 3 aromatic heterocycles. The molecule has 0 aliphatic heterocycles. The Bertz CT molecular complexity index is 867. The Morgan fingerprint density at radius 1 is 1.29 bits per heavy atom. The molecule has 6 nitrogen and oxygen atoms in total. The van der Waals surface area contributed by atoms with E-state index in [1.54, 1.807) is 40.4 Å². The molecule has 0 spiro atoms. The molecule has 0 amide bonds. The van der Waals surface area contributed by atoms with Gasteiger partial charge in [-0.15, -0.1) is 11.3 Å². The van der Waals surface area contributed by atoms with Crippen molar-refractivity contribution in [3.63, 3.8) is 0 Å². The maximum absolute atomic E-state index is 12.3. The second-order valence-corrected chi connectivity index (χ2v) is 7.71. The maximum atomic E-state index is 12.3. The van der Waals surface area contributed by atoms with Crippen LogP contribution >= 0.6 is 11.3 Å².